The maximum Gasteiger partial charge on any atom is 0.319 e. The van der Waals surface area contributed by atoms with Gasteiger partial charge in [-0.25, -0.2) is 9.18 Å². The molecule has 0 bridgehead atoms. The van der Waals surface area contributed by atoms with Gasteiger partial charge in [-0.05, 0) is 36.2 Å². The number of aryl methyl sites for hydroxylation is 1. The third-order valence-corrected chi connectivity index (χ3v) is 4.99. The maximum absolute atomic E-state index is 14.6. The number of rotatable bonds is 3. The minimum Gasteiger partial charge on any atom is -0.493 e. The topological polar surface area (TPSA) is 79.5 Å². The van der Waals surface area contributed by atoms with Crippen molar-refractivity contribution in [2.75, 3.05) is 18.5 Å². The van der Waals surface area contributed by atoms with E-state index in [1.165, 1.54) is 6.07 Å². The predicted octanol–water partition coefficient (Wildman–Crippen LogP) is 2.47. The summed E-state index contributed by atoms with van der Waals surface area (Å²) in [6.45, 7) is 2.75. The summed E-state index contributed by atoms with van der Waals surface area (Å²) in [4.78, 5) is 24.6. The van der Waals surface area contributed by atoms with E-state index in [9.17, 15) is 14.0 Å². The van der Waals surface area contributed by atoms with E-state index in [0.717, 1.165) is 11.1 Å². The minimum absolute atomic E-state index is 0.269. The molecule has 1 fully saturated rings. The summed E-state index contributed by atoms with van der Waals surface area (Å²) < 4.78 is 20.0. The first kappa shape index (κ1) is 17.3. The number of halogens is 1. The zero-order valence-electron chi connectivity index (χ0n) is 14.8. The summed E-state index contributed by atoms with van der Waals surface area (Å²) in [6.07, 6.45) is 0.711. The van der Waals surface area contributed by atoms with Crippen molar-refractivity contribution in [2.24, 2.45) is 0 Å². The van der Waals surface area contributed by atoms with Crippen LogP contribution >= 0.6 is 0 Å². The fraction of sp³-hybridized carbons (Fsp3) is 0.300. The van der Waals surface area contributed by atoms with Crippen LogP contribution in [0, 0.1) is 12.7 Å². The number of urea groups is 1. The lowest BCUT2D eigenvalue weighted by Crippen LogP contribution is -2.44. The summed E-state index contributed by atoms with van der Waals surface area (Å²) in [6, 6.07) is 9.08. The second kappa shape index (κ2) is 6.90. The molecule has 0 aromatic heterocycles. The Morgan fingerprint density at radius 3 is 2.81 bits per heavy atom. The van der Waals surface area contributed by atoms with E-state index in [2.05, 4.69) is 16.0 Å². The highest BCUT2D eigenvalue weighted by atomic mass is 19.1. The van der Waals surface area contributed by atoms with Gasteiger partial charge >= 0.3 is 6.03 Å². The molecule has 2 unspecified atom stereocenters. The van der Waals surface area contributed by atoms with Gasteiger partial charge in [-0.3, -0.25) is 4.79 Å². The van der Waals surface area contributed by atoms with Crippen LogP contribution < -0.4 is 20.7 Å². The molecule has 2 aromatic rings. The van der Waals surface area contributed by atoms with Crippen LogP contribution in [0.3, 0.4) is 0 Å². The smallest absolute Gasteiger partial charge is 0.319 e. The van der Waals surface area contributed by atoms with Crippen molar-refractivity contribution in [1.29, 1.82) is 0 Å². The highest BCUT2D eigenvalue weighted by Gasteiger charge is 2.38. The number of carbonyl (C=O) groups excluding carboxylic acids is 2. The lowest BCUT2D eigenvalue weighted by atomic mass is 9.91. The van der Waals surface area contributed by atoms with Gasteiger partial charge in [-0.1, -0.05) is 17.7 Å². The molecule has 0 saturated carbocycles. The van der Waals surface area contributed by atoms with Crippen LogP contribution in [0.2, 0.25) is 0 Å². The molecular formula is C20H20FN3O3. The predicted molar refractivity (Wildman–Crippen MR) is 98.5 cm³/mol. The third kappa shape index (κ3) is 3.45. The molecule has 1 saturated heterocycles. The summed E-state index contributed by atoms with van der Waals surface area (Å²) in [5.74, 6) is -0.680. The van der Waals surface area contributed by atoms with E-state index in [-0.39, 0.29) is 12.5 Å². The van der Waals surface area contributed by atoms with Gasteiger partial charge in [0.15, 0.2) is 0 Å². The van der Waals surface area contributed by atoms with Crippen LogP contribution in [0.5, 0.6) is 5.75 Å². The normalized spacial score (nSPS) is 20.6. The number of benzene rings is 2. The Kier molecular flexibility index (Phi) is 4.43. The lowest BCUT2D eigenvalue weighted by molar-refractivity contribution is -0.120. The molecule has 2 atom stereocenters. The van der Waals surface area contributed by atoms with Gasteiger partial charge < -0.3 is 20.7 Å². The summed E-state index contributed by atoms with van der Waals surface area (Å²) in [7, 11) is 0. The third-order valence-electron chi connectivity index (χ3n) is 4.99. The van der Waals surface area contributed by atoms with Gasteiger partial charge in [0.05, 0.1) is 6.61 Å². The van der Waals surface area contributed by atoms with Crippen molar-refractivity contribution >= 4 is 17.6 Å². The number of fused-ring (bicyclic) bond motifs is 1. The molecule has 3 amide bonds. The lowest BCUT2D eigenvalue weighted by Gasteiger charge is -2.20. The van der Waals surface area contributed by atoms with Gasteiger partial charge in [-0.15, -0.1) is 0 Å². The molecule has 6 nitrogen and oxygen atoms in total. The second-order valence-corrected chi connectivity index (χ2v) is 6.87. The molecule has 27 heavy (non-hydrogen) atoms. The van der Waals surface area contributed by atoms with Crippen molar-refractivity contribution in [2.45, 2.75) is 25.3 Å². The Morgan fingerprint density at radius 2 is 2.04 bits per heavy atom. The summed E-state index contributed by atoms with van der Waals surface area (Å²) in [5, 5.41) is 8.09. The molecule has 2 aliphatic heterocycles. The highest BCUT2D eigenvalue weighted by Crippen LogP contribution is 2.34. The first-order valence-corrected chi connectivity index (χ1v) is 8.88. The number of ether oxygens (including phenoxy) is 1. The van der Waals surface area contributed by atoms with E-state index in [1.807, 2.05) is 19.1 Å². The van der Waals surface area contributed by atoms with Gasteiger partial charge in [0.2, 0.25) is 5.91 Å². The average molecular weight is 369 g/mol. The Labute approximate surface area is 156 Å². The number of anilines is 1. The number of amides is 3. The number of carbonyl (C=O) groups is 2. The average Bonchev–Trinajstić information content (AvgIpc) is 3.23. The SMILES string of the molecule is Cc1ccc(NC(=O)NC2C(=O)NCC2c2cc3c(cc2F)OCC3)cc1. The Bertz CT molecular complexity index is 898. The molecule has 2 aromatic carbocycles. The summed E-state index contributed by atoms with van der Waals surface area (Å²) >= 11 is 0. The summed E-state index contributed by atoms with van der Waals surface area (Å²) in [5.41, 5.74) is 3.04. The van der Waals surface area contributed by atoms with Crippen LogP contribution in [-0.4, -0.2) is 31.1 Å². The van der Waals surface area contributed by atoms with Crippen LogP contribution in [0.1, 0.15) is 22.6 Å². The monoisotopic (exact) mass is 369 g/mol. The molecule has 0 aliphatic carbocycles. The van der Waals surface area contributed by atoms with Crippen molar-refractivity contribution in [3.63, 3.8) is 0 Å². The van der Waals surface area contributed by atoms with E-state index < -0.39 is 23.8 Å². The molecule has 0 radical (unpaired) electrons. The zero-order valence-corrected chi connectivity index (χ0v) is 14.8. The Balaban J connectivity index is 1.52. The maximum atomic E-state index is 14.6. The van der Waals surface area contributed by atoms with E-state index in [1.54, 1.807) is 18.2 Å². The van der Waals surface area contributed by atoms with Crippen molar-refractivity contribution in [3.05, 3.63) is 58.9 Å². The van der Waals surface area contributed by atoms with Crippen LogP contribution in [-0.2, 0) is 11.2 Å². The molecule has 140 valence electrons. The molecule has 2 heterocycles. The quantitative estimate of drug-likeness (QED) is 0.778. The molecule has 0 spiro atoms. The highest BCUT2D eigenvalue weighted by molar-refractivity contribution is 5.95. The Hall–Kier alpha value is -3.09. The van der Waals surface area contributed by atoms with Crippen LogP contribution in [0.15, 0.2) is 36.4 Å². The standard InChI is InChI=1S/C20H20FN3O3/c1-11-2-4-13(5-3-11)23-20(26)24-18-15(10-22-19(18)25)14-8-12-6-7-27-17(12)9-16(14)21/h2-5,8-9,15,18H,6-7,10H2,1H3,(H,22,25)(H2,23,24,26). The van der Waals surface area contributed by atoms with Gasteiger partial charge in [0.1, 0.15) is 17.6 Å². The van der Waals surface area contributed by atoms with E-state index >= 15 is 0 Å². The number of hydrogen-bond donors (Lipinski definition) is 3. The molecule has 7 heteroatoms. The number of nitrogens with one attached hydrogen (secondary N) is 3. The largest absolute Gasteiger partial charge is 0.493 e. The Morgan fingerprint density at radius 1 is 1.26 bits per heavy atom. The second-order valence-electron chi connectivity index (χ2n) is 6.87. The first-order chi connectivity index (χ1) is 13.0. The fourth-order valence-corrected chi connectivity index (χ4v) is 3.53. The number of hydrogen-bond acceptors (Lipinski definition) is 3. The fourth-order valence-electron chi connectivity index (χ4n) is 3.53. The van der Waals surface area contributed by atoms with Crippen molar-refractivity contribution < 1.29 is 18.7 Å². The first-order valence-electron chi connectivity index (χ1n) is 8.88. The van der Waals surface area contributed by atoms with E-state index in [0.29, 0.717) is 30.0 Å². The van der Waals surface area contributed by atoms with E-state index in [4.69, 9.17) is 4.74 Å². The van der Waals surface area contributed by atoms with Crippen LogP contribution in [0.4, 0.5) is 14.9 Å². The van der Waals surface area contributed by atoms with Gasteiger partial charge in [-0.2, -0.15) is 0 Å². The van der Waals surface area contributed by atoms with Crippen LogP contribution in [0.25, 0.3) is 0 Å². The zero-order chi connectivity index (χ0) is 19.0. The molecule has 4 rings (SSSR count). The van der Waals surface area contributed by atoms with Gasteiger partial charge in [0, 0.05) is 30.6 Å². The van der Waals surface area contributed by atoms with Gasteiger partial charge in [0.25, 0.3) is 0 Å². The molecular weight excluding hydrogens is 349 g/mol. The van der Waals surface area contributed by atoms with Crippen molar-refractivity contribution in [1.82, 2.24) is 10.6 Å². The minimum atomic E-state index is -0.842. The van der Waals surface area contributed by atoms with Crippen molar-refractivity contribution in [3.8, 4) is 5.75 Å². The molecule has 3 N–H and O–H groups in total. The molecule has 2 aliphatic rings.